The molecule has 1 unspecified atom stereocenters. The first-order chi connectivity index (χ1) is 12.1. The number of hydrogen-bond donors (Lipinski definition) is 1. The molecule has 1 atom stereocenters. The number of benzene rings is 2. The van der Waals surface area contributed by atoms with Crippen LogP contribution in [0.5, 0.6) is 5.75 Å². The van der Waals surface area contributed by atoms with Crippen LogP contribution in [0, 0.1) is 0 Å². The van der Waals surface area contributed by atoms with E-state index in [1.807, 2.05) is 24.3 Å². The van der Waals surface area contributed by atoms with Crippen molar-refractivity contribution in [2.24, 2.45) is 0 Å². The second-order valence-corrected chi connectivity index (χ2v) is 5.87. The zero-order chi connectivity index (χ0) is 18.2. The molecule has 0 aliphatic heterocycles. The van der Waals surface area contributed by atoms with Crippen LogP contribution in [0.1, 0.15) is 42.2 Å². The summed E-state index contributed by atoms with van der Waals surface area (Å²) in [7, 11) is 3.15. The van der Waals surface area contributed by atoms with E-state index in [1.54, 1.807) is 7.05 Å². The molecule has 0 aliphatic rings. The average molecular weight is 341 g/mol. The summed E-state index contributed by atoms with van der Waals surface area (Å²) in [5, 5.41) is 2.64. The Balaban J connectivity index is 2.26. The number of carbonyl (C=O) groups excluding carboxylic acids is 1. The number of rotatable bonds is 8. The van der Waals surface area contributed by atoms with Crippen LogP contribution in [0.3, 0.4) is 0 Å². The summed E-state index contributed by atoms with van der Waals surface area (Å²) in [6.07, 6.45) is 1.25. The van der Waals surface area contributed by atoms with Gasteiger partial charge in [0.05, 0.1) is 0 Å². The minimum absolute atomic E-state index is 0.169. The van der Waals surface area contributed by atoms with E-state index in [4.69, 9.17) is 9.47 Å². The molecule has 0 radical (unpaired) electrons. The fraction of sp³-hybridized carbons (Fsp3) is 0.381. The number of aryl methyl sites for hydroxylation is 2. The molecule has 0 saturated heterocycles. The Morgan fingerprint density at radius 3 is 2.48 bits per heavy atom. The van der Waals surface area contributed by atoms with Crippen molar-refractivity contribution in [2.75, 3.05) is 14.2 Å². The van der Waals surface area contributed by atoms with Gasteiger partial charge in [-0.3, -0.25) is 4.79 Å². The van der Waals surface area contributed by atoms with Crippen molar-refractivity contribution in [3.05, 3.63) is 64.7 Å². The van der Waals surface area contributed by atoms with Crippen molar-refractivity contribution in [3.63, 3.8) is 0 Å². The lowest BCUT2D eigenvalue weighted by atomic mass is 10.0. The van der Waals surface area contributed by atoms with Crippen molar-refractivity contribution in [1.29, 1.82) is 0 Å². The maximum absolute atomic E-state index is 12.1. The number of amides is 1. The van der Waals surface area contributed by atoms with Crippen LogP contribution in [0.15, 0.2) is 42.5 Å². The molecule has 0 saturated carbocycles. The predicted molar refractivity (Wildman–Crippen MR) is 99.8 cm³/mol. The van der Waals surface area contributed by atoms with Crippen LogP contribution in [-0.4, -0.2) is 20.1 Å². The van der Waals surface area contributed by atoms with Crippen LogP contribution in [0.2, 0.25) is 0 Å². The molecule has 2 aromatic rings. The summed E-state index contributed by atoms with van der Waals surface area (Å²) in [6.45, 7) is 4.65. The van der Waals surface area contributed by atoms with E-state index >= 15 is 0 Å². The minimum Gasteiger partial charge on any atom is -0.489 e. The van der Waals surface area contributed by atoms with Gasteiger partial charge in [-0.15, -0.1) is 0 Å². The van der Waals surface area contributed by atoms with E-state index in [0.717, 1.165) is 29.7 Å². The Morgan fingerprint density at radius 2 is 1.84 bits per heavy atom. The Bertz CT molecular complexity index is 712. The van der Waals surface area contributed by atoms with Crippen LogP contribution in [0.4, 0.5) is 0 Å². The van der Waals surface area contributed by atoms with E-state index in [9.17, 15) is 4.79 Å². The normalized spacial score (nSPS) is 11.8. The molecule has 0 spiro atoms. The lowest BCUT2D eigenvalue weighted by Crippen LogP contribution is -2.27. The lowest BCUT2D eigenvalue weighted by molar-refractivity contribution is -0.130. The summed E-state index contributed by atoms with van der Waals surface area (Å²) in [5.41, 5.74) is 4.21. The molecule has 25 heavy (non-hydrogen) atoms. The average Bonchev–Trinajstić information content (AvgIpc) is 2.67. The number of hydrogen-bond acceptors (Lipinski definition) is 3. The highest BCUT2D eigenvalue weighted by Crippen LogP contribution is 2.26. The quantitative estimate of drug-likeness (QED) is 0.794. The first-order valence-corrected chi connectivity index (χ1v) is 8.71. The molecule has 2 rings (SSSR count). The maximum Gasteiger partial charge on any atom is 0.253 e. The van der Waals surface area contributed by atoms with Gasteiger partial charge in [-0.05, 0) is 41.2 Å². The third-order valence-electron chi connectivity index (χ3n) is 4.36. The number of likely N-dealkylation sites (N-methyl/N-ethyl adjacent to an activating group) is 1. The number of nitrogens with one attached hydrogen (secondary N) is 1. The third kappa shape index (κ3) is 4.60. The number of carbonyl (C=O) groups is 1. The third-order valence-corrected chi connectivity index (χ3v) is 4.36. The van der Waals surface area contributed by atoms with Gasteiger partial charge >= 0.3 is 0 Å². The Hall–Kier alpha value is -2.33. The van der Waals surface area contributed by atoms with E-state index in [2.05, 4.69) is 37.4 Å². The molecule has 0 fully saturated rings. The molecule has 4 nitrogen and oxygen atoms in total. The van der Waals surface area contributed by atoms with Gasteiger partial charge < -0.3 is 14.8 Å². The van der Waals surface area contributed by atoms with Crippen molar-refractivity contribution in [3.8, 4) is 5.75 Å². The van der Waals surface area contributed by atoms with Crippen molar-refractivity contribution >= 4 is 5.91 Å². The molecule has 0 aromatic heterocycles. The highest BCUT2D eigenvalue weighted by molar-refractivity contribution is 5.82. The Kier molecular flexibility index (Phi) is 7.02. The molecular formula is C21H27NO3. The fourth-order valence-electron chi connectivity index (χ4n) is 2.83. The topological polar surface area (TPSA) is 47.6 Å². The van der Waals surface area contributed by atoms with Crippen molar-refractivity contribution < 1.29 is 14.3 Å². The van der Waals surface area contributed by atoms with Gasteiger partial charge in [0.1, 0.15) is 12.4 Å². The molecule has 0 bridgehead atoms. The molecule has 1 N–H and O–H groups in total. The molecule has 4 heteroatoms. The van der Waals surface area contributed by atoms with E-state index < -0.39 is 6.10 Å². The van der Waals surface area contributed by atoms with Crippen molar-refractivity contribution in [2.45, 2.75) is 39.4 Å². The number of methoxy groups -OCH3 is 1. The van der Waals surface area contributed by atoms with Crippen LogP contribution in [-0.2, 0) is 29.0 Å². The smallest absolute Gasteiger partial charge is 0.253 e. The monoisotopic (exact) mass is 341 g/mol. The summed E-state index contributed by atoms with van der Waals surface area (Å²) in [4.78, 5) is 12.1. The van der Waals surface area contributed by atoms with Crippen molar-refractivity contribution in [1.82, 2.24) is 5.32 Å². The molecule has 134 valence electrons. The summed E-state index contributed by atoms with van der Waals surface area (Å²) in [6, 6.07) is 14.1. The summed E-state index contributed by atoms with van der Waals surface area (Å²) in [5.74, 6) is 0.739. The largest absolute Gasteiger partial charge is 0.489 e. The van der Waals surface area contributed by atoms with Gasteiger partial charge in [0, 0.05) is 14.2 Å². The van der Waals surface area contributed by atoms with Gasteiger partial charge in [0.25, 0.3) is 5.91 Å². The highest BCUT2D eigenvalue weighted by atomic mass is 16.5. The summed E-state index contributed by atoms with van der Waals surface area (Å²) < 4.78 is 11.5. The minimum atomic E-state index is -0.641. The van der Waals surface area contributed by atoms with Gasteiger partial charge in [-0.1, -0.05) is 50.2 Å². The lowest BCUT2D eigenvalue weighted by Gasteiger charge is -2.19. The molecule has 2 aromatic carbocycles. The van der Waals surface area contributed by atoms with Gasteiger partial charge in [-0.25, -0.2) is 0 Å². The summed E-state index contributed by atoms with van der Waals surface area (Å²) >= 11 is 0. The van der Waals surface area contributed by atoms with E-state index in [-0.39, 0.29) is 5.91 Å². The fourth-order valence-corrected chi connectivity index (χ4v) is 2.83. The second-order valence-electron chi connectivity index (χ2n) is 5.87. The first kappa shape index (κ1) is 19.0. The SMILES string of the molecule is CCc1ccc(CC)c(OCc2ccccc2C(OC)C(=O)NC)c1. The Morgan fingerprint density at radius 1 is 1.08 bits per heavy atom. The van der Waals surface area contributed by atoms with Crippen LogP contribution in [0.25, 0.3) is 0 Å². The van der Waals surface area contributed by atoms with Gasteiger partial charge in [0.2, 0.25) is 0 Å². The predicted octanol–water partition coefficient (Wildman–Crippen LogP) is 3.82. The molecular weight excluding hydrogens is 314 g/mol. The van der Waals surface area contributed by atoms with E-state index in [0.29, 0.717) is 6.61 Å². The van der Waals surface area contributed by atoms with Crippen LogP contribution < -0.4 is 10.1 Å². The standard InChI is InChI=1S/C21H27NO3/c1-5-15-11-12-16(6-2)19(13-15)25-14-17-9-7-8-10-18(17)20(24-4)21(23)22-3/h7-13,20H,5-6,14H2,1-4H3,(H,22,23). The van der Waals surface area contributed by atoms with E-state index in [1.165, 1.54) is 18.2 Å². The zero-order valence-electron chi connectivity index (χ0n) is 15.5. The Labute approximate surface area is 150 Å². The molecule has 1 amide bonds. The first-order valence-electron chi connectivity index (χ1n) is 8.71. The second kappa shape index (κ2) is 9.23. The zero-order valence-corrected chi connectivity index (χ0v) is 15.5. The maximum atomic E-state index is 12.1. The number of ether oxygens (including phenoxy) is 2. The van der Waals surface area contributed by atoms with Gasteiger partial charge in [0.15, 0.2) is 6.10 Å². The van der Waals surface area contributed by atoms with Gasteiger partial charge in [-0.2, -0.15) is 0 Å². The highest BCUT2D eigenvalue weighted by Gasteiger charge is 2.21. The molecule has 0 heterocycles. The van der Waals surface area contributed by atoms with Crippen LogP contribution >= 0.6 is 0 Å². The molecule has 0 aliphatic carbocycles.